The number of aliphatic hydroxyl groups is 1. The maximum absolute atomic E-state index is 13.0. The van der Waals surface area contributed by atoms with E-state index >= 15 is 0 Å². The number of carboxylic acid groups (broad SMARTS) is 1. The molecular formula is C21H42N10O6. The smallest absolute Gasteiger partial charge is 0.326 e. The first-order valence-corrected chi connectivity index (χ1v) is 11.9. The summed E-state index contributed by atoms with van der Waals surface area (Å²) in [5.41, 5.74) is 26.8. The normalized spacial score (nSPS) is 14.9. The highest BCUT2D eigenvalue weighted by Gasteiger charge is 2.32. The second-order valence-electron chi connectivity index (χ2n) is 8.85. The molecule has 212 valence electrons. The van der Waals surface area contributed by atoms with Crippen LogP contribution < -0.4 is 44.6 Å². The van der Waals surface area contributed by atoms with E-state index in [2.05, 4.69) is 25.9 Å². The van der Waals surface area contributed by atoms with E-state index in [9.17, 15) is 29.4 Å². The summed E-state index contributed by atoms with van der Waals surface area (Å²) in [6.07, 6.45) is -0.481. The number of hydrogen-bond acceptors (Lipinski definition) is 8. The fourth-order valence-electron chi connectivity index (χ4n) is 3.07. The number of rotatable bonds is 17. The van der Waals surface area contributed by atoms with Crippen LogP contribution in [0.1, 0.15) is 46.5 Å². The first-order valence-electron chi connectivity index (χ1n) is 11.9. The van der Waals surface area contributed by atoms with Gasteiger partial charge in [0.15, 0.2) is 11.9 Å². The zero-order valence-electron chi connectivity index (χ0n) is 21.5. The van der Waals surface area contributed by atoms with Crippen LogP contribution in [-0.4, -0.2) is 89.2 Å². The summed E-state index contributed by atoms with van der Waals surface area (Å²) in [7, 11) is 0. The van der Waals surface area contributed by atoms with Crippen molar-refractivity contribution in [1.82, 2.24) is 16.0 Å². The maximum atomic E-state index is 13.0. The number of aliphatic imine (C=N–C) groups is 2. The molecular weight excluding hydrogens is 488 g/mol. The Kier molecular flexibility index (Phi) is 15.2. The lowest BCUT2D eigenvalue weighted by atomic mass is 10.0. The number of guanidine groups is 2. The van der Waals surface area contributed by atoms with Gasteiger partial charge in [-0.15, -0.1) is 0 Å². The highest BCUT2D eigenvalue weighted by Crippen LogP contribution is 2.07. The summed E-state index contributed by atoms with van der Waals surface area (Å²) in [5, 5.41) is 26.5. The Morgan fingerprint density at radius 1 is 0.757 bits per heavy atom. The monoisotopic (exact) mass is 530 g/mol. The summed E-state index contributed by atoms with van der Waals surface area (Å²) in [6, 6.07) is -4.77. The van der Waals surface area contributed by atoms with Gasteiger partial charge in [-0.1, -0.05) is 13.8 Å². The molecule has 0 radical (unpaired) electrons. The van der Waals surface area contributed by atoms with Crippen LogP contribution in [-0.2, 0) is 19.2 Å². The van der Waals surface area contributed by atoms with Crippen molar-refractivity contribution in [3.63, 3.8) is 0 Å². The number of carbonyl (C=O) groups excluding carboxylic acids is 3. The van der Waals surface area contributed by atoms with Crippen LogP contribution in [0.3, 0.4) is 0 Å². The SMILES string of the molecule is CC(C)C(NC(=O)C(N)C(C)O)C(=O)NC(CCCN=C(N)N)C(=O)NC(CCCN=C(N)N)C(=O)O. The molecule has 3 amide bonds. The number of amides is 3. The molecule has 0 aromatic carbocycles. The third-order valence-electron chi connectivity index (χ3n) is 5.21. The Morgan fingerprint density at radius 2 is 1.22 bits per heavy atom. The van der Waals surface area contributed by atoms with Gasteiger partial charge in [0.2, 0.25) is 17.7 Å². The minimum atomic E-state index is -1.27. The van der Waals surface area contributed by atoms with Crippen LogP contribution in [0.5, 0.6) is 0 Å². The van der Waals surface area contributed by atoms with Gasteiger partial charge in [-0.25, -0.2) is 4.79 Å². The van der Waals surface area contributed by atoms with E-state index in [1.807, 2.05) is 0 Å². The van der Waals surface area contributed by atoms with Crippen molar-refractivity contribution < 1.29 is 29.4 Å². The highest BCUT2D eigenvalue weighted by molar-refractivity contribution is 5.94. The molecule has 0 rings (SSSR count). The molecule has 0 aliphatic heterocycles. The van der Waals surface area contributed by atoms with Crippen molar-refractivity contribution in [3.05, 3.63) is 0 Å². The van der Waals surface area contributed by atoms with Crippen molar-refractivity contribution in [3.8, 4) is 0 Å². The third-order valence-corrected chi connectivity index (χ3v) is 5.21. The number of carboxylic acids is 1. The van der Waals surface area contributed by atoms with E-state index in [-0.39, 0.29) is 50.7 Å². The third kappa shape index (κ3) is 13.9. The second kappa shape index (κ2) is 16.9. The van der Waals surface area contributed by atoms with E-state index in [4.69, 9.17) is 28.7 Å². The van der Waals surface area contributed by atoms with Crippen LogP contribution in [0, 0.1) is 5.92 Å². The molecule has 15 N–H and O–H groups in total. The summed E-state index contributed by atoms with van der Waals surface area (Å²) in [6.45, 7) is 5.01. The molecule has 0 saturated carbocycles. The van der Waals surface area contributed by atoms with Gasteiger partial charge in [-0.05, 0) is 38.5 Å². The fourth-order valence-corrected chi connectivity index (χ4v) is 3.07. The molecule has 0 bridgehead atoms. The molecule has 0 aliphatic carbocycles. The maximum Gasteiger partial charge on any atom is 0.326 e. The molecule has 0 aromatic rings. The van der Waals surface area contributed by atoms with E-state index in [1.54, 1.807) is 13.8 Å². The summed E-state index contributed by atoms with van der Waals surface area (Å²) >= 11 is 0. The van der Waals surface area contributed by atoms with E-state index < -0.39 is 59.9 Å². The van der Waals surface area contributed by atoms with Crippen molar-refractivity contribution in [2.45, 2.75) is 76.7 Å². The standard InChI is InChI=1S/C21H42N10O6/c1-10(2)15(31-17(34)14(22)11(3)32)18(35)29-12(6-4-8-27-20(23)24)16(33)30-13(19(36)37)7-5-9-28-21(25)26/h10-15,32H,4-9,22H2,1-3H3,(H,29,35)(H,30,33)(H,31,34)(H,36,37)(H4,23,24,27)(H4,25,26,28). The molecule has 16 nitrogen and oxygen atoms in total. The Morgan fingerprint density at radius 3 is 1.62 bits per heavy atom. The number of hydrogen-bond donors (Lipinski definition) is 10. The van der Waals surface area contributed by atoms with Gasteiger partial charge < -0.3 is 54.8 Å². The predicted molar refractivity (Wildman–Crippen MR) is 138 cm³/mol. The Hall–Kier alpha value is -3.66. The van der Waals surface area contributed by atoms with E-state index in [0.717, 1.165) is 0 Å². The average Bonchev–Trinajstić information content (AvgIpc) is 2.79. The second-order valence-corrected chi connectivity index (χ2v) is 8.85. The topological polar surface area (TPSA) is 300 Å². The molecule has 16 heteroatoms. The van der Waals surface area contributed by atoms with Gasteiger partial charge in [0.05, 0.1) is 6.10 Å². The minimum Gasteiger partial charge on any atom is -0.480 e. The van der Waals surface area contributed by atoms with Gasteiger partial charge in [0.1, 0.15) is 24.2 Å². The molecule has 0 aliphatic rings. The number of nitrogens with one attached hydrogen (secondary N) is 3. The van der Waals surface area contributed by atoms with E-state index in [1.165, 1.54) is 6.92 Å². The molecule has 5 atom stereocenters. The van der Waals surface area contributed by atoms with Crippen molar-refractivity contribution >= 4 is 35.6 Å². The first-order chi connectivity index (χ1) is 17.2. The molecule has 0 spiro atoms. The van der Waals surface area contributed by atoms with Gasteiger partial charge in [0.25, 0.3) is 0 Å². The van der Waals surface area contributed by atoms with Gasteiger partial charge in [-0.3, -0.25) is 24.4 Å². The van der Waals surface area contributed by atoms with Crippen LogP contribution in [0.25, 0.3) is 0 Å². The van der Waals surface area contributed by atoms with Gasteiger partial charge >= 0.3 is 5.97 Å². The molecule has 0 fully saturated rings. The number of aliphatic carboxylic acids is 1. The summed E-state index contributed by atoms with van der Waals surface area (Å²) in [5.74, 6) is -4.15. The van der Waals surface area contributed by atoms with Crippen molar-refractivity contribution in [2.24, 2.45) is 44.6 Å². The van der Waals surface area contributed by atoms with Crippen LogP contribution in [0.2, 0.25) is 0 Å². The van der Waals surface area contributed by atoms with Crippen molar-refractivity contribution in [2.75, 3.05) is 13.1 Å². The molecule has 0 aromatic heterocycles. The van der Waals surface area contributed by atoms with Crippen molar-refractivity contribution in [1.29, 1.82) is 0 Å². The van der Waals surface area contributed by atoms with Gasteiger partial charge in [-0.2, -0.15) is 0 Å². The molecule has 0 saturated heterocycles. The Balaban J connectivity index is 5.57. The number of nitrogens with two attached hydrogens (primary N) is 5. The summed E-state index contributed by atoms with van der Waals surface area (Å²) in [4.78, 5) is 57.6. The van der Waals surface area contributed by atoms with Crippen LogP contribution >= 0.6 is 0 Å². The molecule has 0 heterocycles. The largest absolute Gasteiger partial charge is 0.480 e. The molecule has 5 unspecified atom stereocenters. The minimum absolute atomic E-state index is 0.0361. The molecule has 37 heavy (non-hydrogen) atoms. The van der Waals surface area contributed by atoms with Crippen LogP contribution in [0.4, 0.5) is 0 Å². The lowest BCUT2D eigenvalue weighted by Crippen LogP contribution is -2.59. The van der Waals surface area contributed by atoms with E-state index in [0.29, 0.717) is 0 Å². The Bertz CT molecular complexity index is 825. The van der Waals surface area contributed by atoms with Crippen LogP contribution in [0.15, 0.2) is 9.98 Å². The number of aliphatic hydroxyl groups excluding tert-OH is 1. The highest BCUT2D eigenvalue weighted by atomic mass is 16.4. The lowest BCUT2D eigenvalue weighted by Gasteiger charge is -2.27. The fraction of sp³-hybridized carbons (Fsp3) is 0.714. The predicted octanol–water partition coefficient (Wildman–Crippen LogP) is -4.00. The average molecular weight is 531 g/mol. The lowest BCUT2D eigenvalue weighted by molar-refractivity contribution is -0.142. The first kappa shape index (κ1) is 33.3. The zero-order chi connectivity index (χ0) is 28.7. The quantitative estimate of drug-likeness (QED) is 0.0490. The number of nitrogens with zero attached hydrogens (tertiary/aromatic N) is 2. The zero-order valence-corrected chi connectivity index (χ0v) is 21.5. The Labute approximate surface area is 215 Å². The summed E-state index contributed by atoms with van der Waals surface area (Å²) < 4.78 is 0. The number of carbonyl (C=O) groups is 4. The van der Waals surface area contributed by atoms with Gasteiger partial charge in [0, 0.05) is 13.1 Å².